The van der Waals surface area contributed by atoms with Crippen LogP contribution in [0.3, 0.4) is 0 Å². The number of hydrogen-bond donors (Lipinski definition) is 1. The summed E-state index contributed by atoms with van der Waals surface area (Å²) < 4.78 is 25.8. The van der Waals surface area contributed by atoms with E-state index in [1.165, 1.54) is 18.7 Å². The fourth-order valence-corrected chi connectivity index (χ4v) is 1.81. The number of aromatic nitrogens is 3. The molecule has 0 saturated heterocycles. The maximum atomic E-state index is 12.5. The molecule has 0 fully saturated rings. The number of nitrogens with two attached hydrogens (primary N) is 1. The molecule has 2 N–H and O–H groups in total. The molecule has 0 spiro atoms. The molecule has 5 nitrogen and oxygen atoms in total. The topological polar surface area (TPSA) is 73.8 Å². The highest BCUT2D eigenvalue weighted by Gasteiger charge is 2.24. The lowest BCUT2D eigenvalue weighted by atomic mass is 10.1. The fraction of sp³-hybridized carbons (Fsp3) is 0.500. The van der Waals surface area contributed by atoms with Crippen molar-refractivity contribution in [2.45, 2.75) is 36.6 Å². The highest BCUT2D eigenvalue weighted by molar-refractivity contribution is 7.99. The van der Waals surface area contributed by atoms with Gasteiger partial charge in [0.25, 0.3) is 5.56 Å². The Bertz CT molecular complexity index is 491. The summed E-state index contributed by atoms with van der Waals surface area (Å²) >= 11 is 1.17. The number of nitrogen functional groups attached to an aromatic ring is 1. The first-order valence-electron chi connectivity index (χ1n) is 5.20. The molecular weight excluding hydrogens is 262 g/mol. The normalized spacial score (nSPS) is 14.5. The predicted octanol–water partition coefficient (Wildman–Crippen LogP) is 1.39. The molecule has 1 aromatic rings. The molecule has 0 saturated carbocycles. The van der Waals surface area contributed by atoms with Gasteiger partial charge in [-0.2, -0.15) is 4.68 Å². The SMILES string of the molecule is C=CC(C)Sc1nnc(C(C)C(F)F)c(=O)n1N. The van der Waals surface area contributed by atoms with E-state index in [0.29, 0.717) is 0 Å². The van der Waals surface area contributed by atoms with Gasteiger partial charge in [-0.15, -0.1) is 16.8 Å². The lowest BCUT2D eigenvalue weighted by molar-refractivity contribution is 0.118. The van der Waals surface area contributed by atoms with Gasteiger partial charge in [-0.05, 0) is 6.92 Å². The number of rotatable bonds is 5. The maximum absolute atomic E-state index is 12.5. The molecule has 0 radical (unpaired) electrons. The van der Waals surface area contributed by atoms with Crippen molar-refractivity contribution in [3.05, 3.63) is 28.7 Å². The Kier molecular flexibility index (Phi) is 4.83. The molecule has 2 atom stereocenters. The van der Waals surface area contributed by atoms with E-state index in [-0.39, 0.29) is 16.1 Å². The first-order valence-corrected chi connectivity index (χ1v) is 6.08. The molecule has 0 aliphatic carbocycles. The summed E-state index contributed by atoms with van der Waals surface area (Å²) in [5, 5.41) is 7.39. The van der Waals surface area contributed by atoms with Crippen LogP contribution in [0.15, 0.2) is 22.6 Å². The third-order valence-electron chi connectivity index (χ3n) is 2.32. The number of halogens is 2. The number of hydrogen-bond acceptors (Lipinski definition) is 5. The zero-order valence-electron chi connectivity index (χ0n) is 10.0. The Morgan fingerprint density at radius 2 is 2.06 bits per heavy atom. The second-order valence-corrected chi connectivity index (χ2v) is 5.07. The Morgan fingerprint density at radius 3 is 2.56 bits per heavy atom. The third-order valence-corrected chi connectivity index (χ3v) is 3.37. The van der Waals surface area contributed by atoms with Crippen LogP contribution in [0.2, 0.25) is 0 Å². The summed E-state index contributed by atoms with van der Waals surface area (Å²) in [5.74, 6) is 4.23. The van der Waals surface area contributed by atoms with Crippen molar-refractivity contribution >= 4 is 11.8 Å². The van der Waals surface area contributed by atoms with Gasteiger partial charge in [-0.1, -0.05) is 24.8 Å². The monoisotopic (exact) mass is 276 g/mol. The van der Waals surface area contributed by atoms with Crippen LogP contribution < -0.4 is 11.4 Å². The van der Waals surface area contributed by atoms with Crippen molar-refractivity contribution in [2.24, 2.45) is 0 Å². The molecule has 0 bridgehead atoms. The van der Waals surface area contributed by atoms with Crippen LogP contribution in [0, 0.1) is 0 Å². The van der Waals surface area contributed by atoms with Crippen molar-refractivity contribution in [1.82, 2.24) is 14.9 Å². The minimum Gasteiger partial charge on any atom is -0.334 e. The summed E-state index contributed by atoms with van der Waals surface area (Å²) in [6, 6.07) is 0. The van der Waals surface area contributed by atoms with Gasteiger partial charge in [-0.25, -0.2) is 8.78 Å². The van der Waals surface area contributed by atoms with Crippen molar-refractivity contribution < 1.29 is 8.78 Å². The quantitative estimate of drug-likeness (QED) is 0.500. The van der Waals surface area contributed by atoms with Gasteiger partial charge < -0.3 is 5.84 Å². The summed E-state index contributed by atoms with van der Waals surface area (Å²) in [5.41, 5.74) is -1.08. The van der Waals surface area contributed by atoms with E-state index in [2.05, 4.69) is 16.8 Å². The first kappa shape index (κ1) is 14.6. The molecule has 0 aliphatic rings. The average molecular weight is 276 g/mol. The zero-order valence-corrected chi connectivity index (χ0v) is 10.8. The Morgan fingerprint density at radius 1 is 1.44 bits per heavy atom. The smallest absolute Gasteiger partial charge is 0.295 e. The molecule has 18 heavy (non-hydrogen) atoms. The fourth-order valence-electron chi connectivity index (χ4n) is 1.10. The van der Waals surface area contributed by atoms with Crippen molar-refractivity contribution in [1.29, 1.82) is 0 Å². The van der Waals surface area contributed by atoms with Gasteiger partial charge >= 0.3 is 0 Å². The van der Waals surface area contributed by atoms with Crippen LogP contribution in [0.25, 0.3) is 0 Å². The molecule has 2 unspecified atom stereocenters. The van der Waals surface area contributed by atoms with Gasteiger partial charge in [0.15, 0.2) is 0 Å². The zero-order chi connectivity index (χ0) is 13.9. The maximum Gasteiger partial charge on any atom is 0.295 e. The van der Waals surface area contributed by atoms with Crippen LogP contribution in [0.4, 0.5) is 8.78 Å². The summed E-state index contributed by atoms with van der Waals surface area (Å²) in [6.07, 6.45) is -1.04. The lowest BCUT2D eigenvalue weighted by Gasteiger charge is -2.12. The Labute approximate surface area is 107 Å². The minimum atomic E-state index is -2.68. The molecular formula is C10H14F2N4OS. The van der Waals surface area contributed by atoms with Crippen molar-refractivity contribution in [3.8, 4) is 0 Å². The minimum absolute atomic E-state index is 0.0214. The number of alkyl halides is 2. The number of thioether (sulfide) groups is 1. The van der Waals surface area contributed by atoms with Crippen molar-refractivity contribution in [3.63, 3.8) is 0 Å². The number of nitrogens with zero attached hydrogens (tertiary/aromatic N) is 3. The van der Waals surface area contributed by atoms with E-state index in [0.717, 1.165) is 4.68 Å². The van der Waals surface area contributed by atoms with E-state index in [4.69, 9.17) is 5.84 Å². The van der Waals surface area contributed by atoms with E-state index in [1.54, 1.807) is 6.08 Å². The molecule has 0 aromatic carbocycles. The largest absolute Gasteiger partial charge is 0.334 e. The predicted molar refractivity (Wildman–Crippen MR) is 66.4 cm³/mol. The molecule has 1 rings (SSSR count). The van der Waals surface area contributed by atoms with E-state index < -0.39 is 17.9 Å². The van der Waals surface area contributed by atoms with Gasteiger partial charge in [-0.3, -0.25) is 4.79 Å². The van der Waals surface area contributed by atoms with Gasteiger partial charge in [0.05, 0.1) is 5.92 Å². The highest BCUT2D eigenvalue weighted by atomic mass is 32.2. The summed E-state index contributed by atoms with van der Waals surface area (Å²) in [7, 11) is 0. The van der Waals surface area contributed by atoms with Crippen LogP contribution in [0.5, 0.6) is 0 Å². The molecule has 0 aliphatic heterocycles. The summed E-state index contributed by atoms with van der Waals surface area (Å²) in [6.45, 7) is 6.62. The second-order valence-electron chi connectivity index (χ2n) is 3.72. The second kappa shape index (κ2) is 5.94. The van der Waals surface area contributed by atoms with Gasteiger partial charge in [0, 0.05) is 5.25 Å². The first-order chi connectivity index (χ1) is 8.38. The van der Waals surface area contributed by atoms with Crippen molar-refractivity contribution in [2.75, 3.05) is 5.84 Å². The van der Waals surface area contributed by atoms with E-state index in [1.807, 2.05) is 6.92 Å². The standard InChI is InChI=1S/C10H14F2N4OS/c1-4-5(2)18-10-15-14-7(6(3)8(11)12)9(17)16(10)13/h4-6,8H,1,13H2,2-3H3. The molecule has 100 valence electrons. The highest BCUT2D eigenvalue weighted by Crippen LogP contribution is 2.21. The molecule has 1 aromatic heterocycles. The van der Waals surface area contributed by atoms with Gasteiger partial charge in [0.1, 0.15) is 5.69 Å². The summed E-state index contributed by atoms with van der Waals surface area (Å²) in [4.78, 5) is 11.8. The van der Waals surface area contributed by atoms with Crippen LogP contribution >= 0.6 is 11.8 Å². The Balaban J connectivity index is 3.13. The average Bonchev–Trinajstić information content (AvgIpc) is 2.34. The third kappa shape index (κ3) is 3.06. The van der Waals surface area contributed by atoms with Crippen LogP contribution in [0.1, 0.15) is 25.5 Å². The lowest BCUT2D eigenvalue weighted by Crippen LogP contribution is -2.35. The van der Waals surface area contributed by atoms with Crippen LogP contribution in [-0.4, -0.2) is 26.5 Å². The molecule has 8 heteroatoms. The van der Waals surface area contributed by atoms with E-state index >= 15 is 0 Å². The van der Waals surface area contributed by atoms with E-state index in [9.17, 15) is 13.6 Å². The Hall–Kier alpha value is -1.44. The molecule has 1 heterocycles. The van der Waals surface area contributed by atoms with Gasteiger partial charge in [0.2, 0.25) is 11.6 Å². The van der Waals surface area contributed by atoms with Crippen LogP contribution in [-0.2, 0) is 0 Å². The molecule has 0 amide bonds.